The molecule has 1 fully saturated rings. The summed E-state index contributed by atoms with van der Waals surface area (Å²) in [4.78, 5) is 12.1. The summed E-state index contributed by atoms with van der Waals surface area (Å²) in [5, 5.41) is 4.88. The van der Waals surface area contributed by atoms with E-state index in [1.165, 1.54) is 0 Å². The Bertz CT molecular complexity index is 871. The minimum Gasteiger partial charge on any atom is -0.462 e. The van der Waals surface area contributed by atoms with Crippen molar-refractivity contribution < 1.29 is 14.3 Å². The van der Waals surface area contributed by atoms with Crippen LogP contribution in [-0.4, -0.2) is 19.2 Å². The molecule has 0 amide bonds. The van der Waals surface area contributed by atoms with Gasteiger partial charge in [-0.2, -0.15) is 0 Å². The number of benzene rings is 2. The van der Waals surface area contributed by atoms with E-state index in [0.29, 0.717) is 28.8 Å². The second-order valence-electron chi connectivity index (χ2n) is 6.91. The van der Waals surface area contributed by atoms with E-state index in [-0.39, 0.29) is 24.0 Å². The van der Waals surface area contributed by atoms with Gasteiger partial charge >= 0.3 is 5.97 Å². The second-order valence-corrected chi connectivity index (χ2v) is 7.75. The number of hydrogen-bond donors (Lipinski definition) is 1. The number of carbonyl (C=O) groups is 1. The molecule has 0 aromatic heterocycles. The monoisotopic (exact) mass is 405 g/mol. The van der Waals surface area contributed by atoms with Gasteiger partial charge in [-0.25, -0.2) is 4.79 Å². The largest absolute Gasteiger partial charge is 0.462 e. The van der Waals surface area contributed by atoms with E-state index in [4.69, 9.17) is 32.7 Å². The molecule has 27 heavy (non-hydrogen) atoms. The predicted octanol–water partition coefficient (Wildman–Crippen LogP) is 5.80. The fourth-order valence-electron chi connectivity index (χ4n) is 4.07. The van der Waals surface area contributed by atoms with Gasteiger partial charge in [-0.15, -0.1) is 0 Å². The van der Waals surface area contributed by atoms with Crippen LogP contribution in [-0.2, 0) is 9.47 Å². The third-order valence-electron chi connectivity index (χ3n) is 5.27. The quantitative estimate of drug-likeness (QED) is 0.654. The normalized spacial score (nSPS) is 23.7. The number of nitrogens with one attached hydrogen (secondary N) is 1. The van der Waals surface area contributed by atoms with Gasteiger partial charge < -0.3 is 14.8 Å². The Kier molecular flexibility index (Phi) is 5.31. The minimum atomic E-state index is -0.310. The highest BCUT2D eigenvalue weighted by Gasteiger charge is 2.40. The van der Waals surface area contributed by atoms with Gasteiger partial charge in [0.25, 0.3) is 0 Å². The molecule has 4 rings (SSSR count). The van der Waals surface area contributed by atoms with Gasteiger partial charge in [0.1, 0.15) is 0 Å². The van der Waals surface area contributed by atoms with Crippen molar-refractivity contribution in [1.82, 2.24) is 0 Å². The highest BCUT2D eigenvalue weighted by molar-refractivity contribution is 6.35. The first kappa shape index (κ1) is 18.6. The highest BCUT2D eigenvalue weighted by atomic mass is 35.5. The molecule has 2 aromatic rings. The molecule has 4 nitrogen and oxygen atoms in total. The van der Waals surface area contributed by atoms with Crippen LogP contribution in [0.25, 0.3) is 0 Å². The number of carbonyl (C=O) groups excluding carboxylic acids is 1. The van der Waals surface area contributed by atoms with Crippen LogP contribution in [0.3, 0.4) is 0 Å². The summed E-state index contributed by atoms with van der Waals surface area (Å²) < 4.78 is 11.3. The van der Waals surface area contributed by atoms with Crippen LogP contribution in [0.1, 0.15) is 53.4 Å². The van der Waals surface area contributed by atoms with E-state index in [0.717, 1.165) is 29.7 Å². The number of fused-ring (bicyclic) bond motifs is 3. The van der Waals surface area contributed by atoms with Crippen molar-refractivity contribution in [2.45, 2.75) is 31.9 Å². The van der Waals surface area contributed by atoms with Crippen molar-refractivity contribution in [2.75, 3.05) is 18.5 Å². The lowest BCUT2D eigenvalue weighted by Crippen LogP contribution is -2.36. The lowest BCUT2D eigenvalue weighted by molar-refractivity contribution is -0.0381. The molecular weight excluding hydrogens is 385 g/mol. The van der Waals surface area contributed by atoms with Gasteiger partial charge in [0.2, 0.25) is 0 Å². The molecule has 6 heteroatoms. The van der Waals surface area contributed by atoms with Crippen LogP contribution in [0.4, 0.5) is 5.69 Å². The van der Waals surface area contributed by atoms with Crippen LogP contribution >= 0.6 is 23.2 Å². The lowest BCUT2D eigenvalue weighted by atomic mass is 9.77. The highest BCUT2D eigenvalue weighted by Crippen LogP contribution is 2.50. The van der Waals surface area contributed by atoms with Crippen molar-refractivity contribution in [3.63, 3.8) is 0 Å². The van der Waals surface area contributed by atoms with Crippen molar-refractivity contribution in [3.8, 4) is 0 Å². The van der Waals surface area contributed by atoms with Gasteiger partial charge in [-0.3, -0.25) is 0 Å². The zero-order chi connectivity index (χ0) is 19.0. The van der Waals surface area contributed by atoms with E-state index in [1.807, 2.05) is 24.3 Å². The first-order valence-corrected chi connectivity index (χ1v) is 9.98. The number of rotatable bonds is 3. The van der Waals surface area contributed by atoms with Crippen LogP contribution in [0.15, 0.2) is 36.4 Å². The third kappa shape index (κ3) is 3.54. The molecule has 1 saturated heterocycles. The van der Waals surface area contributed by atoms with Gasteiger partial charge in [0.05, 0.1) is 24.3 Å². The molecule has 0 bridgehead atoms. The third-order valence-corrected chi connectivity index (χ3v) is 5.84. The second kappa shape index (κ2) is 7.70. The Balaban J connectivity index is 1.74. The number of halogens is 2. The molecule has 1 N–H and O–H groups in total. The summed E-state index contributed by atoms with van der Waals surface area (Å²) in [7, 11) is 0. The smallest absolute Gasteiger partial charge is 0.338 e. The maximum absolute atomic E-state index is 12.1. The van der Waals surface area contributed by atoms with E-state index in [1.54, 1.807) is 19.1 Å². The van der Waals surface area contributed by atoms with Gasteiger partial charge in [0.15, 0.2) is 0 Å². The Hall–Kier alpha value is -1.75. The summed E-state index contributed by atoms with van der Waals surface area (Å²) in [6.45, 7) is 2.87. The summed E-state index contributed by atoms with van der Waals surface area (Å²) in [5.41, 5.74) is 3.53. The lowest BCUT2D eigenvalue weighted by Gasteiger charge is -2.43. The van der Waals surface area contributed by atoms with Crippen molar-refractivity contribution >= 4 is 34.9 Å². The Morgan fingerprint density at radius 1 is 1.22 bits per heavy atom. The van der Waals surface area contributed by atoms with Crippen molar-refractivity contribution in [3.05, 3.63) is 63.1 Å². The molecule has 3 atom stereocenters. The van der Waals surface area contributed by atoms with Crippen molar-refractivity contribution in [2.24, 2.45) is 5.92 Å². The zero-order valence-corrected chi connectivity index (χ0v) is 16.5. The Labute approximate surface area is 168 Å². The number of esters is 1. The average molecular weight is 406 g/mol. The first-order valence-electron chi connectivity index (χ1n) is 9.22. The maximum Gasteiger partial charge on any atom is 0.338 e. The van der Waals surface area contributed by atoms with E-state index in [2.05, 4.69) is 5.32 Å². The van der Waals surface area contributed by atoms with Gasteiger partial charge in [0, 0.05) is 33.8 Å². The minimum absolute atomic E-state index is 0.0287. The standard InChI is InChI=1S/C21H21Cl2NO3/c1-2-26-21(25)12-5-8-18-16(10-12)20-15(4-3-9-27-20)19(24-18)14-7-6-13(22)11-17(14)23/h5-8,10-11,15,19-20,24H,2-4,9H2,1H3/t15-,19+,20-/m1/s1. The summed E-state index contributed by atoms with van der Waals surface area (Å²) >= 11 is 12.6. The van der Waals surface area contributed by atoms with E-state index in [9.17, 15) is 4.79 Å². The molecule has 2 aliphatic rings. The van der Waals surface area contributed by atoms with Crippen LogP contribution in [0, 0.1) is 5.92 Å². The Morgan fingerprint density at radius 2 is 2.07 bits per heavy atom. The predicted molar refractivity (Wildman–Crippen MR) is 107 cm³/mol. The average Bonchev–Trinajstić information content (AvgIpc) is 2.67. The SMILES string of the molecule is CCOC(=O)c1ccc2c(c1)[C@@H]1OCCC[C@@H]1[C@H](c1ccc(Cl)cc1Cl)N2. The van der Waals surface area contributed by atoms with Gasteiger partial charge in [-0.1, -0.05) is 29.3 Å². The topological polar surface area (TPSA) is 47.6 Å². The van der Waals surface area contributed by atoms with E-state index >= 15 is 0 Å². The zero-order valence-electron chi connectivity index (χ0n) is 15.0. The van der Waals surface area contributed by atoms with Crippen LogP contribution < -0.4 is 5.32 Å². The number of hydrogen-bond acceptors (Lipinski definition) is 4. The molecule has 142 valence electrons. The molecule has 0 radical (unpaired) electrons. The number of anilines is 1. The molecule has 0 unspecified atom stereocenters. The molecule has 0 aliphatic carbocycles. The first-order chi connectivity index (χ1) is 13.1. The summed E-state index contributed by atoms with van der Waals surface area (Å²) in [6, 6.07) is 11.2. The molecule has 2 heterocycles. The van der Waals surface area contributed by atoms with Gasteiger partial charge in [-0.05, 0) is 55.7 Å². The maximum atomic E-state index is 12.1. The summed E-state index contributed by atoms with van der Waals surface area (Å²) in [5.74, 6) is -0.0853. The van der Waals surface area contributed by atoms with Crippen molar-refractivity contribution in [1.29, 1.82) is 0 Å². The van der Waals surface area contributed by atoms with E-state index < -0.39 is 0 Å². The Morgan fingerprint density at radius 3 is 2.85 bits per heavy atom. The van der Waals surface area contributed by atoms with Crippen LogP contribution in [0.2, 0.25) is 10.0 Å². The molecule has 0 saturated carbocycles. The molecule has 0 spiro atoms. The summed E-state index contributed by atoms with van der Waals surface area (Å²) in [6.07, 6.45) is 1.93. The molecular formula is C21H21Cl2NO3. The molecule has 2 aromatic carbocycles. The fraction of sp³-hybridized carbons (Fsp3) is 0.381. The number of ether oxygens (including phenoxy) is 2. The van der Waals surface area contributed by atoms with Crippen LogP contribution in [0.5, 0.6) is 0 Å². The fourth-order valence-corrected chi connectivity index (χ4v) is 4.60. The molecule has 2 aliphatic heterocycles.